The van der Waals surface area contributed by atoms with Gasteiger partial charge in [-0.15, -0.1) is 11.6 Å². The van der Waals surface area contributed by atoms with Gasteiger partial charge in [0, 0.05) is 6.26 Å². The lowest BCUT2D eigenvalue weighted by molar-refractivity contribution is 0.586. The largest absolute Gasteiger partial charge is 0.229 e. The molecule has 0 heterocycles. The van der Waals surface area contributed by atoms with Crippen LogP contribution in [0.5, 0.6) is 0 Å². The third-order valence-corrected chi connectivity index (χ3v) is 6.16. The summed E-state index contributed by atoms with van der Waals surface area (Å²) in [7, 11) is -3.14. The van der Waals surface area contributed by atoms with Gasteiger partial charge in [-0.2, -0.15) is 0 Å². The molecule has 0 aliphatic carbocycles. The molecule has 0 aliphatic heterocycles. The quantitative estimate of drug-likeness (QED) is 0.796. The summed E-state index contributed by atoms with van der Waals surface area (Å²) in [4.78, 5) is 0. The summed E-state index contributed by atoms with van der Waals surface area (Å²) >= 11 is 6.42. The van der Waals surface area contributed by atoms with Crippen LogP contribution in [0.1, 0.15) is 40.1 Å². The average Bonchev–Trinajstić information content (AvgIpc) is 2.24. The Balaban J connectivity index is 3.42. The zero-order chi connectivity index (χ0) is 14.2. The molecule has 0 bridgehead atoms. The normalized spacial score (nSPS) is 15.5. The van der Waals surface area contributed by atoms with E-state index in [1.54, 1.807) is 6.92 Å². The number of sulfone groups is 1. The predicted molar refractivity (Wildman–Crippen MR) is 78.3 cm³/mol. The molecule has 0 fully saturated rings. The van der Waals surface area contributed by atoms with Crippen molar-refractivity contribution >= 4 is 21.4 Å². The van der Waals surface area contributed by atoms with Gasteiger partial charge in [0.1, 0.15) is 0 Å². The molecule has 1 rings (SSSR count). The summed E-state index contributed by atoms with van der Waals surface area (Å²) < 4.78 is 23.3. The summed E-state index contributed by atoms with van der Waals surface area (Å²) in [5.41, 5.74) is 5.45. The van der Waals surface area contributed by atoms with Crippen LogP contribution in [0.15, 0.2) is 6.07 Å². The van der Waals surface area contributed by atoms with E-state index in [4.69, 9.17) is 11.6 Å². The van der Waals surface area contributed by atoms with Crippen molar-refractivity contribution in [2.75, 3.05) is 6.26 Å². The van der Waals surface area contributed by atoms with Crippen molar-refractivity contribution in [2.24, 2.45) is 0 Å². The number of hydrogen-bond donors (Lipinski definition) is 0. The van der Waals surface area contributed by atoms with Crippen molar-refractivity contribution in [3.05, 3.63) is 33.9 Å². The van der Waals surface area contributed by atoms with Crippen molar-refractivity contribution in [2.45, 2.75) is 45.2 Å². The van der Waals surface area contributed by atoms with Crippen LogP contribution in [0.4, 0.5) is 0 Å². The minimum atomic E-state index is -3.14. The SMILES string of the molecule is Cc1cc(C)c(C)c(C(Cl)C(C)S(C)(=O)=O)c1C. The van der Waals surface area contributed by atoms with Crippen molar-refractivity contribution < 1.29 is 8.42 Å². The second-order valence-corrected chi connectivity index (χ2v) is 7.98. The standard InChI is InChI=1S/C14H21ClO2S/c1-8-7-9(2)11(4)13(10(8)3)14(15)12(5)18(6,16)17/h7,12,14H,1-6H3. The van der Waals surface area contributed by atoms with E-state index in [9.17, 15) is 8.42 Å². The Morgan fingerprint density at radius 2 is 1.44 bits per heavy atom. The van der Waals surface area contributed by atoms with Gasteiger partial charge < -0.3 is 0 Å². The Kier molecular flexibility index (Phi) is 4.50. The molecular formula is C14H21ClO2S. The Hall–Kier alpha value is -0.540. The molecule has 4 heteroatoms. The van der Waals surface area contributed by atoms with Gasteiger partial charge in [-0.3, -0.25) is 0 Å². The van der Waals surface area contributed by atoms with Crippen LogP contribution in [0, 0.1) is 27.7 Å². The molecule has 18 heavy (non-hydrogen) atoms. The molecule has 1 aromatic carbocycles. The van der Waals surface area contributed by atoms with Crippen LogP contribution in [0.3, 0.4) is 0 Å². The summed E-state index contributed by atoms with van der Waals surface area (Å²) in [6.07, 6.45) is 1.24. The third kappa shape index (κ3) is 2.89. The van der Waals surface area contributed by atoms with E-state index in [2.05, 4.69) is 6.07 Å². The zero-order valence-corrected chi connectivity index (χ0v) is 13.4. The molecule has 0 saturated heterocycles. The minimum absolute atomic E-state index is 0.501. The van der Waals surface area contributed by atoms with E-state index in [-0.39, 0.29) is 0 Å². The van der Waals surface area contributed by atoms with Gasteiger partial charge in [-0.05, 0) is 62.4 Å². The number of hydrogen-bond acceptors (Lipinski definition) is 2. The summed E-state index contributed by atoms with van der Waals surface area (Å²) in [5, 5.41) is -1.09. The molecule has 0 aromatic heterocycles. The molecule has 0 spiro atoms. The van der Waals surface area contributed by atoms with Crippen LogP contribution >= 0.6 is 11.6 Å². The van der Waals surface area contributed by atoms with Gasteiger partial charge in [-0.25, -0.2) is 8.42 Å². The maximum atomic E-state index is 11.7. The summed E-state index contributed by atoms with van der Waals surface area (Å²) in [6, 6.07) is 2.11. The number of benzene rings is 1. The van der Waals surface area contributed by atoms with Crippen LogP contribution in [0.25, 0.3) is 0 Å². The molecule has 0 radical (unpaired) electrons. The first-order valence-corrected chi connectivity index (χ1v) is 8.36. The van der Waals surface area contributed by atoms with E-state index < -0.39 is 20.5 Å². The molecule has 0 saturated carbocycles. The number of alkyl halides is 1. The van der Waals surface area contributed by atoms with E-state index in [0.717, 1.165) is 27.8 Å². The van der Waals surface area contributed by atoms with Crippen molar-refractivity contribution in [1.29, 1.82) is 0 Å². The van der Waals surface area contributed by atoms with Crippen molar-refractivity contribution in [3.8, 4) is 0 Å². The second kappa shape index (κ2) is 5.22. The number of halogens is 1. The zero-order valence-electron chi connectivity index (χ0n) is 11.8. The van der Waals surface area contributed by atoms with Gasteiger partial charge in [0.05, 0.1) is 10.6 Å². The van der Waals surface area contributed by atoms with Gasteiger partial charge in [-0.1, -0.05) is 6.07 Å². The first-order valence-electron chi connectivity index (χ1n) is 5.97. The lowest BCUT2D eigenvalue weighted by Crippen LogP contribution is -2.22. The highest BCUT2D eigenvalue weighted by atomic mass is 35.5. The first kappa shape index (κ1) is 15.5. The molecule has 2 nitrogen and oxygen atoms in total. The molecule has 2 unspecified atom stereocenters. The van der Waals surface area contributed by atoms with E-state index in [0.29, 0.717) is 0 Å². The van der Waals surface area contributed by atoms with Gasteiger partial charge in [0.25, 0.3) is 0 Å². The maximum absolute atomic E-state index is 11.7. The lowest BCUT2D eigenvalue weighted by atomic mass is 9.91. The third-order valence-electron chi connectivity index (χ3n) is 3.79. The maximum Gasteiger partial charge on any atom is 0.151 e. The topological polar surface area (TPSA) is 34.1 Å². The van der Waals surface area contributed by atoms with Crippen LogP contribution in [-0.2, 0) is 9.84 Å². The molecule has 102 valence electrons. The monoisotopic (exact) mass is 288 g/mol. The van der Waals surface area contributed by atoms with E-state index >= 15 is 0 Å². The first-order chi connectivity index (χ1) is 8.07. The Morgan fingerprint density at radius 3 is 1.78 bits per heavy atom. The smallest absolute Gasteiger partial charge is 0.151 e. The minimum Gasteiger partial charge on any atom is -0.229 e. The molecule has 2 atom stereocenters. The molecule has 1 aromatic rings. The predicted octanol–water partition coefficient (Wildman–Crippen LogP) is 3.63. The van der Waals surface area contributed by atoms with Crippen LogP contribution in [0.2, 0.25) is 0 Å². The molecule has 0 N–H and O–H groups in total. The number of aryl methyl sites for hydroxylation is 2. The highest BCUT2D eigenvalue weighted by molar-refractivity contribution is 7.91. The Labute approximate surface area is 115 Å². The van der Waals surface area contributed by atoms with E-state index in [1.807, 2.05) is 27.7 Å². The Bertz CT molecular complexity index is 535. The average molecular weight is 289 g/mol. The van der Waals surface area contributed by atoms with Crippen molar-refractivity contribution in [1.82, 2.24) is 0 Å². The summed E-state index contributed by atoms with van der Waals surface area (Å²) in [5.74, 6) is 0. The van der Waals surface area contributed by atoms with Crippen LogP contribution in [-0.4, -0.2) is 19.9 Å². The van der Waals surface area contributed by atoms with E-state index in [1.165, 1.54) is 6.26 Å². The highest BCUT2D eigenvalue weighted by Crippen LogP contribution is 2.35. The summed E-state index contributed by atoms with van der Waals surface area (Å²) in [6.45, 7) is 9.73. The fourth-order valence-electron chi connectivity index (χ4n) is 2.11. The van der Waals surface area contributed by atoms with Gasteiger partial charge >= 0.3 is 0 Å². The molecular weight excluding hydrogens is 268 g/mol. The number of rotatable bonds is 3. The fraction of sp³-hybridized carbons (Fsp3) is 0.571. The lowest BCUT2D eigenvalue weighted by Gasteiger charge is -2.23. The van der Waals surface area contributed by atoms with Gasteiger partial charge in [0.15, 0.2) is 9.84 Å². The van der Waals surface area contributed by atoms with Crippen LogP contribution < -0.4 is 0 Å². The fourth-order valence-corrected chi connectivity index (χ4v) is 3.57. The molecule has 0 amide bonds. The highest BCUT2D eigenvalue weighted by Gasteiger charge is 2.28. The van der Waals surface area contributed by atoms with Gasteiger partial charge in [0.2, 0.25) is 0 Å². The molecule has 0 aliphatic rings. The van der Waals surface area contributed by atoms with Crippen molar-refractivity contribution in [3.63, 3.8) is 0 Å². The Morgan fingerprint density at radius 1 is 1.06 bits per heavy atom. The second-order valence-electron chi connectivity index (χ2n) is 5.11.